The van der Waals surface area contributed by atoms with Crippen molar-refractivity contribution in [1.82, 2.24) is 0 Å². The largest absolute Gasteiger partial charge is 0.457 e. The molecular weight excluding hydrogens is 448 g/mol. The number of carbonyl (C=O) groups excluding carboxylic acids is 2. The van der Waals surface area contributed by atoms with Crippen LogP contribution in [0.1, 0.15) is 69.4 Å². The molecule has 36 heavy (non-hydrogen) atoms. The van der Waals surface area contributed by atoms with Crippen LogP contribution in [-0.4, -0.2) is 11.9 Å². The van der Waals surface area contributed by atoms with E-state index < -0.39 is 0 Å². The second-order valence-electron chi connectivity index (χ2n) is 10.1. The first-order valence-corrected chi connectivity index (χ1v) is 12.6. The highest BCUT2D eigenvalue weighted by Gasteiger charge is 2.33. The van der Waals surface area contributed by atoms with Crippen LogP contribution in [0.4, 0.5) is 0 Å². The summed E-state index contributed by atoms with van der Waals surface area (Å²) >= 11 is 0. The highest BCUT2D eigenvalue weighted by atomic mass is 16.6. The van der Waals surface area contributed by atoms with Gasteiger partial charge in [-0.05, 0) is 75.2 Å². The van der Waals surface area contributed by atoms with E-state index in [2.05, 4.69) is 61.7 Å². The molecule has 0 radical (unpaired) electrons. The third kappa shape index (κ3) is 5.28. The molecule has 0 N–H and O–H groups in total. The summed E-state index contributed by atoms with van der Waals surface area (Å²) in [5.41, 5.74) is 5.86. The van der Waals surface area contributed by atoms with Gasteiger partial charge in [-0.1, -0.05) is 83.3 Å². The van der Waals surface area contributed by atoms with Crippen LogP contribution in [0.2, 0.25) is 0 Å². The van der Waals surface area contributed by atoms with E-state index in [1.165, 1.54) is 0 Å². The molecule has 1 aliphatic rings. The molecule has 0 bridgehead atoms. The highest BCUT2D eigenvalue weighted by molar-refractivity contribution is 5.90. The van der Waals surface area contributed by atoms with E-state index in [0.29, 0.717) is 12.8 Å². The molecule has 0 aromatic heterocycles. The minimum absolute atomic E-state index is 0.203. The van der Waals surface area contributed by atoms with Gasteiger partial charge >= 0.3 is 11.9 Å². The Morgan fingerprint density at radius 2 is 1.31 bits per heavy atom. The van der Waals surface area contributed by atoms with Crippen LogP contribution in [0.25, 0.3) is 27.5 Å². The summed E-state index contributed by atoms with van der Waals surface area (Å²) in [4.78, 5) is 24.8. The van der Waals surface area contributed by atoms with Crippen molar-refractivity contribution in [2.24, 2.45) is 11.8 Å². The first-order chi connectivity index (χ1) is 17.2. The second kappa shape index (κ2) is 10.5. The smallest absolute Gasteiger partial charge is 0.308 e. The van der Waals surface area contributed by atoms with Gasteiger partial charge in [0.15, 0.2) is 0 Å². The normalized spacial score (nSPS) is 17.1. The SMILES string of the molecule is C=CC(=C)c1ccc2cc(-c3ccc4c(c3)C(OC(=O)C(C)C)CCC4OC(=O)C(C)C)ccc2c1. The molecule has 0 amide bonds. The molecule has 2 atom stereocenters. The van der Waals surface area contributed by atoms with Gasteiger partial charge in [0.1, 0.15) is 12.2 Å². The monoisotopic (exact) mass is 482 g/mol. The minimum atomic E-state index is -0.364. The van der Waals surface area contributed by atoms with Gasteiger partial charge in [-0.15, -0.1) is 0 Å². The summed E-state index contributed by atoms with van der Waals surface area (Å²) in [6.07, 6.45) is 2.28. The number of hydrogen-bond donors (Lipinski definition) is 0. The van der Waals surface area contributed by atoms with Crippen molar-refractivity contribution in [2.75, 3.05) is 0 Å². The molecule has 3 aromatic carbocycles. The summed E-state index contributed by atoms with van der Waals surface area (Å²) in [7, 11) is 0. The lowest BCUT2D eigenvalue weighted by atomic mass is 9.84. The fourth-order valence-corrected chi connectivity index (χ4v) is 4.48. The maximum absolute atomic E-state index is 12.4. The minimum Gasteiger partial charge on any atom is -0.457 e. The lowest BCUT2D eigenvalue weighted by Crippen LogP contribution is -2.25. The Balaban J connectivity index is 1.72. The molecular formula is C32H34O4. The molecule has 186 valence electrons. The lowest BCUT2D eigenvalue weighted by molar-refractivity contribution is -0.159. The Morgan fingerprint density at radius 1 is 0.778 bits per heavy atom. The topological polar surface area (TPSA) is 52.6 Å². The van der Waals surface area contributed by atoms with Crippen LogP contribution in [0.5, 0.6) is 0 Å². The zero-order chi connectivity index (χ0) is 26.0. The molecule has 0 fully saturated rings. The van der Waals surface area contributed by atoms with E-state index >= 15 is 0 Å². The van der Waals surface area contributed by atoms with E-state index in [-0.39, 0.29) is 36.0 Å². The molecule has 1 aliphatic carbocycles. The molecule has 0 saturated heterocycles. The van der Waals surface area contributed by atoms with Gasteiger partial charge in [0, 0.05) is 0 Å². The van der Waals surface area contributed by atoms with E-state index in [1.807, 2.05) is 33.8 Å². The van der Waals surface area contributed by atoms with Crippen molar-refractivity contribution in [3.8, 4) is 11.1 Å². The number of benzene rings is 3. The average molecular weight is 483 g/mol. The maximum atomic E-state index is 12.4. The van der Waals surface area contributed by atoms with Gasteiger partial charge in [-0.3, -0.25) is 9.59 Å². The van der Waals surface area contributed by atoms with Crippen molar-refractivity contribution in [3.63, 3.8) is 0 Å². The molecule has 0 spiro atoms. The fraction of sp³-hybridized carbons (Fsp3) is 0.312. The summed E-state index contributed by atoms with van der Waals surface area (Å²) in [6.45, 7) is 15.2. The fourth-order valence-electron chi connectivity index (χ4n) is 4.48. The Labute approximate surface area is 213 Å². The lowest BCUT2D eigenvalue weighted by Gasteiger charge is -2.32. The zero-order valence-corrected chi connectivity index (χ0v) is 21.5. The van der Waals surface area contributed by atoms with Gasteiger partial charge in [0.25, 0.3) is 0 Å². The van der Waals surface area contributed by atoms with Gasteiger partial charge in [-0.2, -0.15) is 0 Å². The zero-order valence-electron chi connectivity index (χ0n) is 21.5. The number of fused-ring (bicyclic) bond motifs is 2. The highest BCUT2D eigenvalue weighted by Crippen LogP contribution is 2.42. The second-order valence-corrected chi connectivity index (χ2v) is 10.1. The van der Waals surface area contributed by atoms with Crippen LogP contribution in [-0.2, 0) is 19.1 Å². The van der Waals surface area contributed by atoms with E-state index in [9.17, 15) is 9.59 Å². The molecule has 4 nitrogen and oxygen atoms in total. The quantitative estimate of drug-likeness (QED) is 0.253. The van der Waals surface area contributed by atoms with Crippen LogP contribution in [0.15, 0.2) is 73.8 Å². The third-order valence-corrected chi connectivity index (χ3v) is 6.72. The molecule has 3 aromatic rings. The molecule has 0 heterocycles. The van der Waals surface area contributed by atoms with Crippen molar-refractivity contribution >= 4 is 28.3 Å². The van der Waals surface area contributed by atoms with Gasteiger partial charge in [-0.25, -0.2) is 0 Å². The molecule has 0 saturated carbocycles. The average Bonchev–Trinajstić information content (AvgIpc) is 2.88. The van der Waals surface area contributed by atoms with E-state index in [0.717, 1.165) is 44.2 Å². The van der Waals surface area contributed by atoms with Gasteiger partial charge in [0.2, 0.25) is 0 Å². The van der Waals surface area contributed by atoms with Crippen LogP contribution in [0.3, 0.4) is 0 Å². The van der Waals surface area contributed by atoms with E-state index in [4.69, 9.17) is 9.47 Å². The Bertz CT molecular complexity index is 1330. The number of allylic oxidation sites excluding steroid dienone is 2. The molecule has 0 aliphatic heterocycles. The summed E-state index contributed by atoms with van der Waals surface area (Å²) in [5.74, 6) is -0.862. The van der Waals surface area contributed by atoms with Crippen molar-refractivity contribution in [3.05, 3.63) is 90.5 Å². The van der Waals surface area contributed by atoms with Gasteiger partial charge < -0.3 is 9.47 Å². The van der Waals surface area contributed by atoms with Crippen molar-refractivity contribution in [1.29, 1.82) is 0 Å². The predicted molar refractivity (Wildman–Crippen MR) is 145 cm³/mol. The number of rotatable bonds is 7. The number of carbonyl (C=O) groups is 2. The van der Waals surface area contributed by atoms with Crippen LogP contribution >= 0.6 is 0 Å². The van der Waals surface area contributed by atoms with Crippen molar-refractivity contribution < 1.29 is 19.1 Å². The standard InChI is InChI=1S/C32H34O4/c1-7-21(6)22-8-9-24-17-25(11-10-23(24)16-22)26-12-13-27-28(18-26)30(36-32(34)20(4)5)15-14-29(27)35-31(33)19(2)3/h7-13,16-20,29-30H,1,6,14-15H2,2-5H3. The van der Waals surface area contributed by atoms with Crippen LogP contribution in [0, 0.1) is 11.8 Å². The van der Waals surface area contributed by atoms with E-state index in [1.54, 1.807) is 6.08 Å². The molecule has 4 heteroatoms. The summed E-state index contributed by atoms with van der Waals surface area (Å²) in [5, 5.41) is 2.25. The Morgan fingerprint density at radius 3 is 1.92 bits per heavy atom. The third-order valence-electron chi connectivity index (χ3n) is 6.72. The van der Waals surface area contributed by atoms with Gasteiger partial charge in [0.05, 0.1) is 11.8 Å². The number of ether oxygens (including phenoxy) is 2. The first-order valence-electron chi connectivity index (χ1n) is 12.6. The Hall–Kier alpha value is -3.66. The molecule has 2 unspecified atom stereocenters. The summed E-state index contributed by atoms with van der Waals surface area (Å²) in [6, 6.07) is 18.8. The maximum Gasteiger partial charge on any atom is 0.308 e. The van der Waals surface area contributed by atoms with Crippen LogP contribution < -0.4 is 0 Å². The predicted octanol–water partition coefficient (Wildman–Crippen LogP) is 7.98. The molecule has 4 rings (SSSR count). The summed E-state index contributed by atoms with van der Waals surface area (Å²) < 4.78 is 11.7. The number of esters is 2. The number of hydrogen-bond acceptors (Lipinski definition) is 4. The Kier molecular flexibility index (Phi) is 7.44. The van der Waals surface area contributed by atoms with Crippen molar-refractivity contribution in [2.45, 2.75) is 52.7 Å². The first kappa shape index (κ1) is 25.4.